The Morgan fingerprint density at radius 2 is 2.00 bits per heavy atom. The molecule has 6 heteroatoms. The first-order valence-electron chi connectivity index (χ1n) is 12.3. The maximum Gasteiger partial charge on any atom is 0.249 e. The Morgan fingerprint density at radius 3 is 2.81 bits per heavy atom. The number of aromatic nitrogens is 1. The van der Waals surface area contributed by atoms with Gasteiger partial charge in [-0.25, -0.2) is 4.99 Å². The topological polar surface area (TPSA) is 71.4 Å². The predicted molar refractivity (Wildman–Crippen MR) is 125 cm³/mol. The molecule has 2 amide bonds. The van der Waals surface area contributed by atoms with Gasteiger partial charge in [0.25, 0.3) is 0 Å². The standard InChI is InChI=1S/C26H34ClN3O2/c1-25-11-7-19-17(3-6-22-26(19,2)12-8-23(31)30-22)18(25)4-5-20(25)24(32)29-14-9-16-15-28-13-10-21(16)27/h10,13-15,17-20,22H,3-9,11-12H2,1-2H3,(H,30,31)/t17-,18-,19+,20?,22?,25-,26+/m0/s1. The Hall–Kier alpha value is -1.75. The molecule has 1 aromatic heterocycles. The van der Waals surface area contributed by atoms with Crippen molar-refractivity contribution < 1.29 is 9.59 Å². The number of nitrogens with one attached hydrogen (secondary N) is 1. The minimum Gasteiger partial charge on any atom is -0.353 e. The Morgan fingerprint density at radius 1 is 1.19 bits per heavy atom. The molecule has 2 heterocycles. The van der Waals surface area contributed by atoms with Crippen molar-refractivity contribution in [2.75, 3.05) is 0 Å². The van der Waals surface area contributed by atoms with Gasteiger partial charge < -0.3 is 5.32 Å². The van der Waals surface area contributed by atoms with Crippen molar-refractivity contribution in [2.45, 2.75) is 77.7 Å². The molecule has 0 radical (unpaired) electrons. The Labute approximate surface area is 195 Å². The number of piperidine rings is 1. The van der Waals surface area contributed by atoms with Gasteiger partial charge in [-0.3, -0.25) is 14.6 Å². The van der Waals surface area contributed by atoms with Crippen LogP contribution in [0.3, 0.4) is 0 Å². The van der Waals surface area contributed by atoms with Gasteiger partial charge in [0, 0.05) is 48.4 Å². The summed E-state index contributed by atoms with van der Waals surface area (Å²) in [6, 6.07) is 2.10. The van der Waals surface area contributed by atoms with Gasteiger partial charge in [-0.1, -0.05) is 25.4 Å². The Kier molecular flexibility index (Phi) is 5.68. The number of hydrogen-bond acceptors (Lipinski definition) is 3. The molecule has 4 aliphatic rings. The molecule has 0 spiro atoms. The van der Waals surface area contributed by atoms with Crippen LogP contribution in [-0.4, -0.2) is 29.1 Å². The molecular weight excluding hydrogens is 422 g/mol. The van der Waals surface area contributed by atoms with Gasteiger partial charge in [0.05, 0.1) is 0 Å². The van der Waals surface area contributed by atoms with Gasteiger partial charge in [-0.2, -0.15) is 0 Å². The first kappa shape index (κ1) is 22.1. The highest BCUT2D eigenvalue weighted by Crippen LogP contribution is 2.65. The lowest BCUT2D eigenvalue weighted by atomic mass is 9.47. The lowest BCUT2D eigenvalue weighted by Gasteiger charge is -2.60. The summed E-state index contributed by atoms with van der Waals surface area (Å²) in [4.78, 5) is 33.6. The number of halogens is 1. The van der Waals surface area contributed by atoms with Gasteiger partial charge in [-0.05, 0) is 85.2 Å². The van der Waals surface area contributed by atoms with E-state index < -0.39 is 0 Å². The van der Waals surface area contributed by atoms with Crippen LogP contribution in [0.25, 0.3) is 0 Å². The third-order valence-corrected chi connectivity index (χ3v) is 10.1. The van der Waals surface area contributed by atoms with Gasteiger partial charge in [0.15, 0.2) is 0 Å². The number of carbonyl (C=O) groups is 2. The molecule has 3 saturated carbocycles. The van der Waals surface area contributed by atoms with E-state index in [1.807, 2.05) is 0 Å². The van der Waals surface area contributed by atoms with E-state index in [4.69, 9.17) is 11.6 Å². The molecule has 0 aromatic carbocycles. The average molecular weight is 456 g/mol. The van der Waals surface area contributed by atoms with Crippen molar-refractivity contribution in [1.82, 2.24) is 10.3 Å². The molecule has 1 N–H and O–H groups in total. The maximum atomic E-state index is 13.2. The molecule has 7 atom stereocenters. The Bertz CT molecular complexity index is 949. The summed E-state index contributed by atoms with van der Waals surface area (Å²) in [5.41, 5.74) is 1.15. The van der Waals surface area contributed by atoms with Crippen LogP contribution in [0.5, 0.6) is 0 Å². The fraction of sp³-hybridized carbons (Fsp3) is 0.692. The summed E-state index contributed by atoms with van der Waals surface area (Å²) in [6.07, 6.45) is 13.9. The van der Waals surface area contributed by atoms with Crippen molar-refractivity contribution in [3.05, 3.63) is 29.0 Å². The van der Waals surface area contributed by atoms with Gasteiger partial charge in [0.1, 0.15) is 0 Å². The van der Waals surface area contributed by atoms with E-state index in [-0.39, 0.29) is 28.6 Å². The second kappa shape index (κ2) is 8.23. The molecule has 1 aliphatic heterocycles. The predicted octanol–water partition coefficient (Wildman–Crippen LogP) is 5.01. The molecule has 172 valence electrons. The molecule has 4 fully saturated rings. The number of carbonyl (C=O) groups excluding carboxylic acids is 2. The van der Waals surface area contributed by atoms with Gasteiger partial charge in [0.2, 0.25) is 11.8 Å². The zero-order valence-corrected chi connectivity index (χ0v) is 19.9. The molecule has 32 heavy (non-hydrogen) atoms. The molecular formula is C26H34ClN3O2. The van der Waals surface area contributed by atoms with Gasteiger partial charge in [-0.15, -0.1) is 0 Å². The first-order chi connectivity index (χ1) is 15.3. The third-order valence-electron chi connectivity index (χ3n) is 9.77. The van der Waals surface area contributed by atoms with E-state index in [1.54, 1.807) is 24.7 Å². The monoisotopic (exact) mass is 455 g/mol. The van der Waals surface area contributed by atoms with E-state index in [0.29, 0.717) is 41.7 Å². The number of fused-ring (bicyclic) bond motifs is 5. The number of rotatable bonds is 3. The molecule has 3 aliphatic carbocycles. The molecule has 0 bridgehead atoms. The van der Waals surface area contributed by atoms with E-state index in [0.717, 1.165) is 37.7 Å². The number of aliphatic imine (C=N–C) groups is 1. The first-order valence-corrected chi connectivity index (χ1v) is 12.6. The van der Waals surface area contributed by atoms with Crippen LogP contribution in [-0.2, 0) is 16.0 Å². The molecule has 1 saturated heterocycles. The molecule has 5 nitrogen and oxygen atoms in total. The zero-order chi connectivity index (χ0) is 22.5. The van der Waals surface area contributed by atoms with E-state index >= 15 is 0 Å². The second-order valence-corrected chi connectivity index (χ2v) is 11.5. The summed E-state index contributed by atoms with van der Waals surface area (Å²) in [6.45, 7) is 4.77. The second-order valence-electron chi connectivity index (χ2n) is 11.1. The lowest BCUT2D eigenvalue weighted by molar-refractivity contribution is -0.140. The van der Waals surface area contributed by atoms with E-state index in [1.165, 1.54) is 12.8 Å². The highest BCUT2D eigenvalue weighted by molar-refractivity contribution is 6.31. The van der Waals surface area contributed by atoms with Gasteiger partial charge >= 0.3 is 0 Å². The summed E-state index contributed by atoms with van der Waals surface area (Å²) >= 11 is 6.20. The van der Waals surface area contributed by atoms with Crippen molar-refractivity contribution in [1.29, 1.82) is 0 Å². The van der Waals surface area contributed by atoms with Crippen LogP contribution in [0.2, 0.25) is 5.02 Å². The van der Waals surface area contributed by atoms with Crippen LogP contribution >= 0.6 is 11.6 Å². The lowest BCUT2D eigenvalue weighted by Crippen LogP contribution is -2.61. The number of pyridine rings is 1. The summed E-state index contributed by atoms with van der Waals surface area (Å²) in [5.74, 6) is 2.20. The third kappa shape index (κ3) is 3.52. The van der Waals surface area contributed by atoms with Crippen LogP contribution in [0, 0.1) is 34.5 Å². The SMILES string of the molecule is C[C@]12CCC(=O)NC1CC[C@@H]1[C@H]2CC[C@]2(C)C(C(=O)N=CCc3cnccc3Cl)CC[C@@H]12. The summed E-state index contributed by atoms with van der Waals surface area (Å²) in [7, 11) is 0. The van der Waals surface area contributed by atoms with Crippen molar-refractivity contribution >= 4 is 29.6 Å². The van der Waals surface area contributed by atoms with Crippen LogP contribution in [0.15, 0.2) is 23.5 Å². The van der Waals surface area contributed by atoms with E-state index in [9.17, 15) is 9.59 Å². The normalized spacial score (nSPS) is 41.0. The fourth-order valence-corrected chi connectivity index (χ4v) is 8.17. The highest BCUT2D eigenvalue weighted by atomic mass is 35.5. The van der Waals surface area contributed by atoms with Crippen molar-refractivity contribution in [3.8, 4) is 0 Å². The van der Waals surface area contributed by atoms with Crippen LogP contribution in [0.4, 0.5) is 0 Å². The minimum atomic E-state index is 0.0191. The minimum absolute atomic E-state index is 0.0191. The molecule has 2 unspecified atom stereocenters. The maximum absolute atomic E-state index is 13.2. The van der Waals surface area contributed by atoms with Crippen molar-refractivity contribution in [3.63, 3.8) is 0 Å². The zero-order valence-electron chi connectivity index (χ0n) is 19.1. The fourth-order valence-electron chi connectivity index (χ4n) is 7.99. The quantitative estimate of drug-likeness (QED) is 0.651. The number of amides is 2. The van der Waals surface area contributed by atoms with Crippen LogP contribution in [0.1, 0.15) is 70.8 Å². The highest BCUT2D eigenvalue weighted by Gasteiger charge is 2.61. The van der Waals surface area contributed by atoms with Crippen LogP contribution < -0.4 is 5.32 Å². The smallest absolute Gasteiger partial charge is 0.249 e. The molecule has 5 rings (SSSR count). The summed E-state index contributed by atoms with van der Waals surface area (Å²) < 4.78 is 0. The number of hydrogen-bond donors (Lipinski definition) is 1. The number of nitrogens with zero attached hydrogens (tertiary/aromatic N) is 2. The molecule has 1 aromatic rings. The summed E-state index contributed by atoms with van der Waals surface area (Å²) in [5, 5.41) is 3.96. The average Bonchev–Trinajstić information content (AvgIpc) is 3.13. The van der Waals surface area contributed by atoms with E-state index in [2.05, 4.69) is 29.1 Å². The largest absolute Gasteiger partial charge is 0.353 e. The Balaban J connectivity index is 1.29. The van der Waals surface area contributed by atoms with Crippen molar-refractivity contribution in [2.24, 2.45) is 39.5 Å².